The number of unbranched alkanes of at least 4 members (excludes halogenated alkanes) is 1. The number of carbonyl (C=O) groups excluding carboxylic acids is 1. The number of carbonyl (C=O) groups is 1. The fourth-order valence-corrected chi connectivity index (χ4v) is 2.65. The van der Waals surface area contributed by atoms with E-state index in [2.05, 4.69) is 38.0 Å². The van der Waals surface area contributed by atoms with Crippen LogP contribution in [-0.4, -0.2) is 42.5 Å². The van der Waals surface area contributed by atoms with Crippen molar-refractivity contribution >= 4 is 5.91 Å². The van der Waals surface area contributed by atoms with Gasteiger partial charge in [-0.1, -0.05) is 20.8 Å². The minimum Gasteiger partial charge on any atom is -0.368 e. The molecule has 0 aromatic heterocycles. The van der Waals surface area contributed by atoms with E-state index in [9.17, 15) is 4.79 Å². The maximum absolute atomic E-state index is 11.6. The zero-order valence-electron chi connectivity index (χ0n) is 14.5. The normalized spacial score (nSPS) is 15.7. The molecule has 1 amide bonds. The molecule has 0 radical (unpaired) electrons. The largest absolute Gasteiger partial charge is 0.368 e. The van der Waals surface area contributed by atoms with E-state index >= 15 is 0 Å². The van der Waals surface area contributed by atoms with Crippen LogP contribution in [0.25, 0.3) is 0 Å². The van der Waals surface area contributed by atoms with E-state index in [0.29, 0.717) is 5.41 Å². The van der Waals surface area contributed by atoms with Crippen molar-refractivity contribution in [3.05, 3.63) is 0 Å². The number of primary amides is 1. The van der Waals surface area contributed by atoms with E-state index in [0.717, 1.165) is 32.4 Å². The Kier molecular flexibility index (Phi) is 7.74. The summed E-state index contributed by atoms with van der Waals surface area (Å²) in [5, 5.41) is 3.29. The number of nitrogens with one attached hydrogen (secondary N) is 1. The van der Waals surface area contributed by atoms with Crippen LogP contribution in [0, 0.1) is 5.41 Å². The first kappa shape index (κ1) is 19.4. The van der Waals surface area contributed by atoms with Crippen LogP contribution in [0.5, 0.6) is 0 Å². The van der Waals surface area contributed by atoms with E-state index in [1.807, 2.05) is 20.8 Å². The summed E-state index contributed by atoms with van der Waals surface area (Å²) in [4.78, 5) is 14.0. The number of rotatable bonds is 9. The van der Waals surface area contributed by atoms with Crippen molar-refractivity contribution in [2.24, 2.45) is 11.1 Å². The van der Waals surface area contributed by atoms with Crippen LogP contribution in [0.4, 0.5) is 0 Å². The summed E-state index contributed by atoms with van der Waals surface area (Å²) in [6, 6.07) is 0.260. The highest BCUT2D eigenvalue weighted by Gasteiger charge is 2.30. The quantitative estimate of drug-likeness (QED) is 0.639. The maximum Gasteiger partial charge on any atom is 0.237 e. The standard InChI is InChI=1S/C16H35N3O/c1-13(2)18-16(6,14(17)20)10-8-9-11-19(7)12-15(3,4)5/h13,18H,8-12H2,1-7H3,(H2,17,20). The Bertz CT molecular complexity index is 297. The van der Waals surface area contributed by atoms with Crippen LogP contribution >= 0.6 is 0 Å². The fraction of sp³-hybridized carbons (Fsp3) is 0.938. The van der Waals surface area contributed by atoms with Crippen LogP contribution in [0.1, 0.15) is 60.8 Å². The minimum atomic E-state index is -0.587. The lowest BCUT2D eigenvalue weighted by atomic mass is 9.92. The zero-order chi connectivity index (χ0) is 16.0. The molecule has 0 aliphatic heterocycles. The molecule has 0 aromatic carbocycles. The summed E-state index contributed by atoms with van der Waals surface area (Å²) in [6.07, 6.45) is 2.90. The van der Waals surface area contributed by atoms with Crippen LogP contribution in [0.2, 0.25) is 0 Å². The number of nitrogens with zero attached hydrogens (tertiary/aromatic N) is 1. The lowest BCUT2D eigenvalue weighted by Gasteiger charge is -2.30. The first-order valence-electron chi connectivity index (χ1n) is 7.72. The zero-order valence-corrected chi connectivity index (χ0v) is 14.5. The minimum absolute atomic E-state index is 0.255. The molecule has 0 rings (SSSR count). The molecule has 0 saturated carbocycles. The Morgan fingerprint density at radius 2 is 1.75 bits per heavy atom. The molecule has 0 bridgehead atoms. The van der Waals surface area contributed by atoms with E-state index in [1.54, 1.807) is 0 Å². The first-order valence-corrected chi connectivity index (χ1v) is 7.72. The van der Waals surface area contributed by atoms with Gasteiger partial charge in [-0.05, 0) is 59.0 Å². The number of nitrogens with two attached hydrogens (primary N) is 1. The van der Waals surface area contributed by atoms with Gasteiger partial charge in [-0.3, -0.25) is 4.79 Å². The molecule has 0 aliphatic carbocycles. The average molecular weight is 285 g/mol. The molecule has 0 spiro atoms. The van der Waals surface area contributed by atoms with Gasteiger partial charge in [0, 0.05) is 12.6 Å². The molecule has 1 atom stereocenters. The Morgan fingerprint density at radius 1 is 1.20 bits per heavy atom. The van der Waals surface area contributed by atoms with Crippen molar-refractivity contribution in [2.45, 2.75) is 72.4 Å². The van der Waals surface area contributed by atoms with Crippen LogP contribution in [-0.2, 0) is 4.79 Å². The van der Waals surface area contributed by atoms with Crippen molar-refractivity contribution < 1.29 is 4.79 Å². The van der Waals surface area contributed by atoms with Crippen molar-refractivity contribution in [3.8, 4) is 0 Å². The van der Waals surface area contributed by atoms with Crippen molar-refractivity contribution in [1.82, 2.24) is 10.2 Å². The Morgan fingerprint density at radius 3 is 2.15 bits per heavy atom. The molecule has 4 heteroatoms. The first-order chi connectivity index (χ1) is 8.96. The Balaban J connectivity index is 4.11. The SMILES string of the molecule is CC(C)NC(C)(CCCCN(C)CC(C)(C)C)C(N)=O. The van der Waals surface area contributed by atoms with Gasteiger partial charge in [0.05, 0.1) is 5.54 Å². The highest BCUT2D eigenvalue weighted by Crippen LogP contribution is 2.17. The van der Waals surface area contributed by atoms with E-state index < -0.39 is 5.54 Å². The number of hydrogen-bond donors (Lipinski definition) is 2. The van der Waals surface area contributed by atoms with Crippen LogP contribution < -0.4 is 11.1 Å². The van der Waals surface area contributed by atoms with Gasteiger partial charge in [0.25, 0.3) is 0 Å². The molecule has 120 valence electrons. The molecule has 3 N–H and O–H groups in total. The van der Waals surface area contributed by atoms with Gasteiger partial charge in [-0.25, -0.2) is 0 Å². The molecule has 0 fully saturated rings. The van der Waals surface area contributed by atoms with Gasteiger partial charge in [0.1, 0.15) is 0 Å². The van der Waals surface area contributed by atoms with Crippen molar-refractivity contribution in [3.63, 3.8) is 0 Å². The molecule has 0 saturated heterocycles. The molecular weight excluding hydrogens is 250 g/mol. The second kappa shape index (κ2) is 7.99. The second-order valence-corrected chi connectivity index (χ2v) is 7.75. The van der Waals surface area contributed by atoms with Gasteiger partial charge in [0.15, 0.2) is 0 Å². The third-order valence-corrected chi connectivity index (χ3v) is 3.36. The van der Waals surface area contributed by atoms with Gasteiger partial charge in [0.2, 0.25) is 5.91 Å². The number of amides is 1. The van der Waals surface area contributed by atoms with Gasteiger partial charge >= 0.3 is 0 Å². The number of hydrogen-bond acceptors (Lipinski definition) is 3. The Hall–Kier alpha value is -0.610. The summed E-state index contributed by atoms with van der Waals surface area (Å²) in [5.74, 6) is -0.255. The smallest absolute Gasteiger partial charge is 0.237 e. The lowest BCUT2D eigenvalue weighted by molar-refractivity contribution is -0.124. The van der Waals surface area contributed by atoms with E-state index in [1.165, 1.54) is 0 Å². The molecule has 0 aromatic rings. The van der Waals surface area contributed by atoms with Crippen LogP contribution in [0.3, 0.4) is 0 Å². The predicted octanol–water partition coefficient (Wildman–Crippen LogP) is 2.38. The van der Waals surface area contributed by atoms with Gasteiger partial charge in [-0.2, -0.15) is 0 Å². The lowest BCUT2D eigenvalue weighted by Crippen LogP contribution is -2.55. The van der Waals surface area contributed by atoms with Crippen molar-refractivity contribution in [1.29, 1.82) is 0 Å². The molecular formula is C16H35N3O. The predicted molar refractivity (Wildman–Crippen MR) is 86.7 cm³/mol. The molecule has 20 heavy (non-hydrogen) atoms. The third-order valence-electron chi connectivity index (χ3n) is 3.36. The second-order valence-electron chi connectivity index (χ2n) is 7.75. The monoisotopic (exact) mass is 285 g/mol. The fourth-order valence-electron chi connectivity index (χ4n) is 2.65. The molecule has 4 nitrogen and oxygen atoms in total. The maximum atomic E-state index is 11.6. The van der Waals surface area contributed by atoms with Crippen LogP contribution in [0.15, 0.2) is 0 Å². The summed E-state index contributed by atoms with van der Waals surface area (Å²) >= 11 is 0. The van der Waals surface area contributed by atoms with Crippen molar-refractivity contribution in [2.75, 3.05) is 20.1 Å². The topological polar surface area (TPSA) is 58.4 Å². The molecule has 0 aliphatic rings. The summed E-state index contributed by atoms with van der Waals surface area (Å²) in [6.45, 7) is 14.9. The summed E-state index contributed by atoms with van der Waals surface area (Å²) in [7, 11) is 2.16. The van der Waals surface area contributed by atoms with Gasteiger partial charge in [-0.15, -0.1) is 0 Å². The molecule has 1 unspecified atom stereocenters. The highest BCUT2D eigenvalue weighted by molar-refractivity contribution is 5.84. The van der Waals surface area contributed by atoms with E-state index in [4.69, 9.17) is 5.73 Å². The summed E-state index contributed by atoms with van der Waals surface area (Å²) < 4.78 is 0. The van der Waals surface area contributed by atoms with Gasteiger partial charge < -0.3 is 16.0 Å². The average Bonchev–Trinajstić information content (AvgIpc) is 2.20. The third kappa shape index (κ3) is 8.54. The highest BCUT2D eigenvalue weighted by atomic mass is 16.1. The summed E-state index contributed by atoms with van der Waals surface area (Å²) in [5.41, 5.74) is 5.28. The Labute approximate surface area is 125 Å². The van der Waals surface area contributed by atoms with E-state index in [-0.39, 0.29) is 11.9 Å². The molecule has 0 heterocycles.